The topological polar surface area (TPSA) is 55.6 Å². The molecule has 0 radical (unpaired) electrons. The first-order valence-electron chi connectivity index (χ1n) is 8.23. The molecule has 0 aromatic heterocycles. The van der Waals surface area contributed by atoms with Gasteiger partial charge in [-0.2, -0.15) is 0 Å². The van der Waals surface area contributed by atoms with Crippen molar-refractivity contribution in [3.63, 3.8) is 0 Å². The normalized spacial score (nSPS) is 33.0. The van der Waals surface area contributed by atoms with E-state index in [4.69, 9.17) is 10.5 Å². The maximum atomic E-state index is 12.3. The Morgan fingerprint density at radius 2 is 2.05 bits per heavy atom. The predicted octanol–water partition coefficient (Wildman–Crippen LogP) is 2.17. The summed E-state index contributed by atoms with van der Waals surface area (Å²) >= 11 is 0. The Morgan fingerprint density at radius 1 is 1.30 bits per heavy atom. The van der Waals surface area contributed by atoms with Crippen LogP contribution in [0.1, 0.15) is 52.4 Å². The molecule has 4 atom stereocenters. The SMILES string of the molecule is C[C@H](N)[C@@H]1CCCN(C(=O)CO[C@H]2CCCC[C@H]2C)C1. The molecule has 20 heavy (non-hydrogen) atoms. The second kappa shape index (κ2) is 7.41. The van der Waals surface area contributed by atoms with E-state index >= 15 is 0 Å². The fraction of sp³-hybridized carbons (Fsp3) is 0.938. The molecule has 2 fully saturated rings. The van der Waals surface area contributed by atoms with E-state index in [1.54, 1.807) is 0 Å². The van der Waals surface area contributed by atoms with Crippen LogP contribution < -0.4 is 5.73 Å². The quantitative estimate of drug-likeness (QED) is 0.859. The van der Waals surface area contributed by atoms with Gasteiger partial charge in [0.2, 0.25) is 5.91 Å². The van der Waals surface area contributed by atoms with Crippen LogP contribution in [0.5, 0.6) is 0 Å². The van der Waals surface area contributed by atoms with Crippen LogP contribution in [0.15, 0.2) is 0 Å². The van der Waals surface area contributed by atoms with Crippen molar-refractivity contribution in [2.75, 3.05) is 19.7 Å². The largest absolute Gasteiger partial charge is 0.368 e. The summed E-state index contributed by atoms with van der Waals surface area (Å²) < 4.78 is 5.88. The monoisotopic (exact) mass is 282 g/mol. The lowest BCUT2D eigenvalue weighted by atomic mass is 9.88. The molecule has 0 unspecified atom stereocenters. The Kier molecular flexibility index (Phi) is 5.85. The molecule has 0 bridgehead atoms. The van der Waals surface area contributed by atoms with Gasteiger partial charge in [-0.1, -0.05) is 19.8 Å². The first kappa shape index (κ1) is 15.8. The number of ether oxygens (including phenoxy) is 1. The molecule has 1 aliphatic heterocycles. The maximum absolute atomic E-state index is 12.3. The van der Waals surface area contributed by atoms with Crippen LogP contribution in [-0.2, 0) is 9.53 Å². The van der Waals surface area contributed by atoms with Crippen molar-refractivity contribution in [1.29, 1.82) is 0 Å². The molecule has 1 saturated heterocycles. The predicted molar refractivity (Wildman–Crippen MR) is 80.3 cm³/mol. The third kappa shape index (κ3) is 4.19. The molecule has 116 valence electrons. The first-order chi connectivity index (χ1) is 9.58. The molecule has 1 aliphatic carbocycles. The van der Waals surface area contributed by atoms with Gasteiger partial charge in [0.1, 0.15) is 6.61 Å². The number of likely N-dealkylation sites (tertiary alicyclic amines) is 1. The summed E-state index contributed by atoms with van der Waals surface area (Å²) in [5.74, 6) is 1.18. The number of hydrogen-bond donors (Lipinski definition) is 1. The first-order valence-corrected chi connectivity index (χ1v) is 8.23. The van der Waals surface area contributed by atoms with Crippen molar-refractivity contribution in [3.8, 4) is 0 Å². The average molecular weight is 282 g/mol. The van der Waals surface area contributed by atoms with Crippen LogP contribution in [0.4, 0.5) is 0 Å². The van der Waals surface area contributed by atoms with Gasteiger partial charge in [-0.15, -0.1) is 0 Å². The Labute approximate surface area is 123 Å². The number of nitrogens with two attached hydrogens (primary N) is 1. The molecule has 1 saturated carbocycles. The summed E-state index contributed by atoms with van der Waals surface area (Å²) in [6.07, 6.45) is 7.37. The molecule has 4 heteroatoms. The average Bonchev–Trinajstić information content (AvgIpc) is 2.46. The number of nitrogens with zero attached hydrogens (tertiary/aromatic N) is 1. The highest BCUT2D eigenvalue weighted by molar-refractivity contribution is 5.77. The summed E-state index contributed by atoms with van der Waals surface area (Å²) in [5, 5.41) is 0. The van der Waals surface area contributed by atoms with Crippen molar-refractivity contribution in [2.45, 2.75) is 64.5 Å². The van der Waals surface area contributed by atoms with E-state index < -0.39 is 0 Å². The summed E-state index contributed by atoms with van der Waals surface area (Å²) in [6.45, 7) is 6.20. The highest BCUT2D eigenvalue weighted by Crippen LogP contribution is 2.26. The van der Waals surface area contributed by atoms with Gasteiger partial charge in [-0.25, -0.2) is 0 Å². The minimum Gasteiger partial charge on any atom is -0.368 e. The molecule has 0 aromatic carbocycles. The molecule has 2 N–H and O–H groups in total. The number of rotatable bonds is 4. The van der Waals surface area contributed by atoms with E-state index in [2.05, 4.69) is 6.92 Å². The van der Waals surface area contributed by atoms with Gasteiger partial charge in [-0.3, -0.25) is 4.79 Å². The molecular formula is C16H30N2O2. The van der Waals surface area contributed by atoms with Gasteiger partial charge in [0.15, 0.2) is 0 Å². The van der Waals surface area contributed by atoms with Gasteiger partial charge >= 0.3 is 0 Å². The fourth-order valence-electron chi connectivity index (χ4n) is 3.47. The van der Waals surface area contributed by atoms with E-state index in [9.17, 15) is 4.79 Å². The zero-order chi connectivity index (χ0) is 14.5. The zero-order valence-corrected chi connectivity index (χ0v) is 13.0. The lowest BCUT2D eigenvalue weighted by Crippen LogP contribution is -2.46. The van der Waals surface area contributed by atoms with Crippen molar-refractivity contribution >= 4 is 5.91 Å². The summed E-state index contributed by atoms with van der Waals surface area (Å²) in [7, 11) is 0. The molecule has 0 spiro atoms. The standard InChI is InChI=1S/C16H30N2O2/c1-12-6-3-4-8-15(12)20-11-16(19)18-9-5-7-14(10-18)13(2)17/h12-15H,3-11,17H2,1-2H3/t12-,13+,14-,15+/m1/s1. The van der Waals surface area contributed by atoms with E-state index in [0.717, 1.165) is 32.4 Å². The van der Waals surface area contributed by atoms with Gasteiger partial charge in [0.05, 0.1) is 6.10 Å². The van der Waals surface area contributed by atoms with Gasteiger partial charge < -0.3 is 15.4 Å². The zero-order valence-electron chi connectivity index (χ0n) is 13.0. The van der Waals surface area contributed by atoms with Gasteiger partial charge in [0, 0.05) is 19.1 Å². The van der Waals surface area contributed by atoms with E-state index in [1.807, 2.05) is 11.8 Å². The second-order valence-electron chi connectivity index (χ2n) is 6.71. The Bertz CT molecular complexity index is 320. The smallest absolute Gasteiger partial charge is 0.248 e. The number of carbonyl (C=O) groups excluding carboxylic acids is 1. The van der Waals surface area contributed by atoms with E-state index in [0.29, 0.717) is 11.8 Å². The number of carbonyl (C=O) groups is 1. The van der Waals surface area contributed by atoms with Crippen molar-refractivity contribution < 1.29 is 9.53 Å². The fourth-order valence-corrected chi connectivity index (χ4v) is 3.47. The molecule has 1 heterocycles. The lowest BCUT2D eigenvalue weighted by Gasteiger charge is -2.35. The van der Waals surface area contributed by atoms with Gasteiger partial charge in [0.25, 0.3) is 0 Å². The van der Waals surface area contributed by atoms with E-state index in [1.165, 1.54) is 19.3 Å². The molecule has 2 rings (SSSR count). The van der Waals surface area contributed by atoms with Crippen molar-refractivity contribution in [1.82, 2.24) is 4.90 Å². The van der Waals surface area contributed by atoms with E-state index in [-0.39, 0.29) is 24.7 Å². The highest BCUT2D eigenvalue weighted by atomic mass is 16.5. The number of amides is 1. The number of piperidine rings is 1. The second-order valence-corrected chi connectivity index (χ2v) is 6.71. The minimum absolute atomic E-state index is 0.146. The summed E-state index contributed by atoms with van der Waals surface area (Å²) in [4.78, 5) is 14.2. The molecule has 2 aliphatic rings. The lowest BCUT2D eigenvalue weighted by molar-refractivity contribution is -0.142. The third-order valence-corrected chi connectivity index (χ3v) is 5.01. The molecule has 4 nitrogen and oxygen atoms in total. The van der Waals surface area contributed by atoms with Crippen LogP contribution in [0.3, 0.4) is 0 Å². The molecule has 0 aromatic rings. The summed E-state index contributed by atoms with van der Waals surface area (Å²) in [5.41, 5.74) is 5.97. The molecule has 1 amide bonds. The maximum Gasteiger partial charge on any atom is 0.248 e. The Hall–Kier alpha value is -0.610. The van der Waals surface area contributed by atoms with Crippen molar-refractivity contribution in [2.24, 2.45) is 17.6 Å². The van der Waals surface area contributed by atoms with Crippen LogP contribution >= 0.6 is 0 Å². The van der Waals surface area contributed by atoms with Crippen LogP contribution in [0, 0.1) is 11.8 Å². The minimum atomic E-state index is 0.146. The summed E-state index contributed by atoms with van der Waals surface area (Å²) in [6, 6.07) is 0.171. The highest BCUT2D eigenvalue weighted by Gasteiger charge is 2.27. The Balaban J connectivity index is 1.76. The van der Waals surface area contributed by atoms with Crippen LogP contribution in [0.25, 0.3) is 0 Å². The van der Waals surface area contributed by atoms with Crippen LogP contribution in [0.2, 0.25) is 0 Å². The van der Waals surface area contributed by atoms with Crippen LogP contribution in [-0.4, -0.2) is 42.6 Å². The number of hydrogen-bond acceptors (Lipinski definition) is 3. The van der Waals surface area contributed by atoms with Crippen molar-refractivity contribution in [3.05, 3.63) is 0 Å². The molecular weight excluding hydrogens is 252 g/mol. The Morgan fingerprint density at radius 3 is 2.75 bits per heavy atom. The van der Waals surface area contributed by atoms with Gasteiger partial charge in [-0.05, 0) is 44.4 Å². The third-order valence-electron chi connectivity index (χ3n) is 5.01.